The molecule has 0 saturated heterocycles. The summed E-state index contributed by atoms with van der Waals surface area (Å²) in [5.74, 6) is 0.977. The van der Waals surface area contributed by atoms with Gasteiger partial charge in [0.1, 0.15) is 0 Å². The number of nitrogens with one attached hydrogen (secondary N) is 1. The van der Waals surface area contributed by atoms with Crippen LogP contribution in [0.1, 0.15) is 39.0 Å². The minimum absolute atomic E-state index is 0.677. The van der Waals surface area contributed by atoms with Crippen molar-refractivity contribution in [3.63, 3.8) is 0 Å². The van der Waals surface area contributed by atoms with Gasteiger partial charge in [-0.05, 0) is 44.2 Å². The first kappa shape index (κ1) is 11.8. The Morgan fingerprint density at radius 2 is 2.00 bits per heavy atom. The maximum atomic E-state index is 3.28. The number of halogens is 1. The molecule has 13 heavy (non-hydrogen) atoms. The molecular formula is C11H22IN. The molecule has 2 heteroatoms. The van der Waals surface area contributed by atoms with E-state index >= 15 is 0 Å². The highest BCUT2D eigenvalue weighted by molar-refractivity contribution is 14.1. The summed E-state index contributed by atoms with van der Waals surface area (Å²) in [6, 6.07) is 0. The van der Waals surface area contributed by atoms with Crippen LogP contribution in [0.25, 0.3) is 0 Å². The fourth-order valence-electron chi connectivity index (χ4n) is 2.22. The first-order chi connectivity index (χ1) is 6.22. The summed E-state index contributed by atoms with van der Waals surface area (Å²) >= 11 is 2.58. The zero-order chi connectivity index (χ0) is 9.73. The molecule has 0 unspecified atom stereocenters. The average Bonchev–Trinajstić information content (AvgIpc) is 2.18. The van der Waals surface area contributed by atoms with Crippen LogP contribution in [-0.2, 0) is 0 Å². The van der Waals surface area contributed by atoms with Crippen molar-refractivity contribution in [3.8, 4) is 0 Å². The average molecular weight is 295 g/mol. The third-order valence-electron chi connectivity index (χ3n) is 3.52. The fourth-order valence-corrected chi connectivity index (χ4v) is 3.36. The van der Waals surface area contributed by atoms with Gasteiger partial charge < -0.3 is 5.32 Å². The number of rotatable bonds is 4. The van der Waals surface area contributed by atoms with Gasteiger partial charge in [0.2, 0.25) is 0 Å². The predicted octanol–water partition coefficient (Wildman–Crippen LogP) is 3.23. The molecule has 1 nitrogen and oxygen atoms in total. The van der Waals surface area contributed by atoms with E-state index in [4.69, 9.17) is 0 Å². The van der Waals surface area contributed by atoms with Crippen LogP contribution in [0.4, 0.5) is 0 Å². The van der Waals surface area contributed by atoms with Crippen molar-refractivity contribution in [2.75, 3.05) is 18.0 Å². The van der Waals surface area contributed by atoms with E-state index in [-0.39, 0.29) is 0 Å². The SMILES string of the molecule is CNCC[C@]1(CI)CC[C@@H](C)CC1. The fraction of sp³-hybridized carbons (Fsp3) is 1.00. The molecule has 1 aliphatic rings. The molecule has 1 N–H and O–H groups in total. The molecule has 1 saturated carbocycles. The number of hydrogen-bond donors (Lipinski definition) is 1. The van der Waals surface area contributed by atoms with Crippen LogP contribution in [-0.4, -0.2) is 18.0 Å². The van der Waals surface area contributed by atoms with E-state index in [2.05, 4.69) is 41.9 Å². The van der Waals surface area contributed by atoms with E-state index in [1.54, 1.807) is 0 Å². The Hall–Kier alpha value is 0.690. The molecule has 0 aromatic carbocycles. The summed E-state index contributed by atoms with van der Waals surface area (Å²) < 4.78 is 1.35. The molecule has 1 fully saturated rings. The minimum Gasteiger partial charge on any atom is -0.320 e. The van der Waals surface area contributed by atoms with Crippen LogP contribution in [0.3, 0.4) is 0 Å². The van der Waals surface area contributed by atoms with Crippen LogP contribution in [0.5, 0.6) is 0 Å². The van der Waals surface area contributed by atoms with Gasteiger partial charge in [-0.25, -0.2) is 0 Å². The van der Waals surface area contributed by atoms with E-state index in [1.807, 2.05) is 0 Å². The molecule has 1 aliphatic carbocycles. The lowest BCUT2D eigenvalue weighted by molar-refractivity contribution is 0.174. The van der Waals surface area contributed by atoms with Gasteiger partial charge in [0, 0.05) is 4.43 Å². The predicted molar refractivity (Wildman–Crippen MR) is 67.5 cm³/mol. The lowest BCUT2D eigenvalue weighted by Gasteiger charge is -2.38. The van der Waals surface area contributed by atoms with Crippen molar-refractivity contribution in [1.82, 2.24) is 5.32 Å². The molecule has 1 rings (SSSR count). The van der Waals surface area contributed by atoms with Crippen LogP contribution in [0, 0.1) is 11.3 Å². The lowest BCUT2D eigenvalue weighted by atomic mass is 9.70. The Labute approximate surface area is 96.2 Å². The van der Waals surface area contributed by atoms with Gasteiger partial charge in [0.05, 0.1) is 0 Å². The summed E-state index contributed by atoms with van der Waals surface area (Å²) in [6.07, 6.45) is 7.19. The van der Waals surface area contributed by atoms with Crippen LogP contribution in [0.15, 0.2) is 0 Å². The highest BCUT2D eigenvalue weighted by Gasteiger charge is 2.32. The normalized spacial score (nSPS) is 34.8. The van der Waals surface area contributed by atoms with Gasteiger partial charge in [0.25, 0.3) is 0 Å². The highest BCUT2D eigenvalue weighted by Crippen LogP contribution is 2.42. The topological polar surface area (TPSA) is 12.0 Å². The maximum absolute atomic E-state index is 3.28. The molecule has 0 atom stereocenters. The second-order valence-corrected chi connectivity index (χ2v) is 5.43. The van der Waals surface area contributed by atoms with Crippen molar-refractivity contribution in [1.29, 1.82) is 0 Å². The zero-order valence-electron chi connectivity index (χ0n) is 8.91. The summed E-state index contributed by atoms with van der Waals surface area (Å²) in [5, 5.41) is 3.28. The quantitative estimate of drug-likeness (QED) is 0.620. The largest absolute Gasteiger partial charge is 0.320 e. The van der Waals surface area contributed by atoms with Crippen molar-refractivity contribution in [2.45, 2.75) is 39.0 Å². The summed E-state index contributed by atoms with van der Waals surface area (Å²) in [7, 11) is 2.06. The van der Waals surface area contributed by atoms with Crippen molar-refractivity contribution >= 4 is 22.6 Å². The Bertz CT molecular complexity index is 134. The number of hydrogen-bond acceptors (Lipinski definition) is 1. The first-order valence-corrected chi connectivity index (χ1v) is 6.95. The van der Waals surface area contributed by atoms with Gasteiger partial charge in [-0.1, -0.05) is 42.4 Å². The molecule has 0 radical (unpaired) electrons. The Balaban J connectivity index is 2.40. The second kappa shape index (κ2) is 5.54. The van der Waals surface area contributed by atoms with Gasteiger partial charge >= 0.3 is 0 Å². The molecule has 0 spiro atoms. The molecule has 0 amide bonds. The van der Waals surface area contributed by atoms with Crippen molar-refractivity contribution in [2.24, 2.45) is 11.3 Å². The first-order valence-electron chi connectivity index (χ1n) is 5.43. The van der Waals surface area contributed by atoms with E-state index in [0.717, 1.165) is 5.92 Å². The molecule has 0 aromatic rings. The molecular weight excluding hydrogens is 273 g/mol. The monoisotopic (exact) mass is 295 g/mol. The van der Waals surface area contributed by atoms with Crippen LogP contribution >= 0.6 is 22.6 Å². The Morgan fingerprint density at radius 1 is 1.38 bits per heavy atom. The Morgan fingerprint density at radius 3 is 2.46 bits per heavy atom. The van der Waals surface area contributed by atoms with E-state index in [0.29, 0.717) is 5.41 Å². The summed E-state index contributed by atoms with van der Waals surface area (Å²) in [4.78, 5) is 0. The summed E-state index contributed by atoms with van der Waals surface area (Å²) in [6.45, 7) is 3.59. The van der Waals surface area contributed by atoms with E-state index in [1.165, 1.54) is 43.1 Å². The molecule has 0 aromatic heterocycles. The van der Waals surface area contributed by atoms with Gasteiger partial charge in [-0.3, -0.25) is 0 Å². The smallest absolute Gasteiger partial charge is 0.00524 e. The Kier molecular flexibility index (Phi) is 5.01. The van der Waals surface area contributed by atoms with Crippen LogP contribution < -0.4 is 5.32 Å². The van der Waals surface area contributed by atoms with E-state index < -0.39 is 0 Å². The van der Waals surface area contributed by atoms with Crippen molar-refractivity contribution < 1.29 is 0 Å². The molecule has 78 valence electrons. The summed E-state index contributed by atoms with van der Waals surface area (Å²) in [5.41, 5.74) is 0.677. The third-order valence-corrected chi connectivity index (χ3v) is 5.14. The second-order valence-electron chi connectivity index (χ2n) is 4.67. The van der Waals surface area contributed by atoms with E-state index in [9.17, 15) is 0 Å². The molecule has 0 aliphatic heterocycles. The maximum Gasteiger partial charge on any atom is 0.00524 e. The standard InChI is InChI=1S/C11H22IN/c1-10-3-5-11(9-12,6-4-10)7-8-13-2/h10,13H,3-9H2,1-2H3/t10-,11+. The zero-order valence-corrected chi connectivity index (χ0v) is 11.1. The highest BCUT2D eigenvalue weighted by atomic mass is 127. The molecule has 0 bridgehead atoms. The van der Waals surface area contributed by atoms with Gasteiger partial charge in [0.15, 0.2) is 0 Å². The number of alkyl halides is 1. The third kappa shape index (κ3) is 3.39. The van der Waals surface area contributed by atoms with Crippen molar-refractivity contribution in [3.05, 3.63) is 0 Å². The van der Waals surface area contributed by atoms with Gasteiger partial charge in [-0.2, -0.15) is 0 Å². The van der Waals surface area contributed by atoms with Crippen LogP contribution in [0.2, 0.25) is 0 Å². The molecule has 0 heterocycles. The van der Waals surface area contributed by atoms with Gasteiger partial charge in [-0.15, -0.1) is 0 Å². The lowest BCUT2D eigenvalue weighted by Crippen LogP contribution is -2.31. The minimum atomic E-state index is 0.677.